The zero-order chi connectivity index (χ0) is 22.8. The molecule has 2 amide bonds. The van der Waals surface area contributed by atoms with Crippen molar-refractivity contribution in [3.8, 4) is 0 Å². The molecule has 0 radical (unpaired) electrons. The van der Waals surface area contributed by atoms with Crippen molar-refractivity contribution >= 4 is 22.7 Å². The number of morpholine rings is 1. The molecule has 1 aliphatic heterocycles. The first kappa shape index (κ1) is 21.9. The number of pyridine rings is 1. The van der Waals surface area contributed by atoms with Gasteiger partial charge < -0.3 is 19.6 Å². The molecule has 3 aromatic rings. The summed E-state index contributed by atoms with van der Waals surface area (Å²) < 4.78 is 7.64. The molecule has 4 rings (SSSR count). The number of aryl methyl sites for hydroxylation is 1. The number of aliphatic hydroxyl groups is 1. The van der Waals surface area contributed by atoms with Gasteiger partial charge in [-0.15, -0.1) is 0 Å². The summed E-state index contributed by atoms with van der Waals surface area (Å²) in [5.41, 5.74) is 3.16. The van der Waals surface area contributed by atoms with Gasteiger partial charge in [0.2, 0.25) is 0 Å². The molecule has 9 heteroatoms. The van der Waals surface area contributed by atoms with E-state index in [2.05, 4.69) is 5.10 Å². The predicted octanol–water partition coefficient (Wildman–Crippen LogP) is 1.55. The number of fused-ring (bicyclic) bond motifs is 1. The van der Waals surface area contributed by atoms with Crippen molar-refractivity contribution in [1.82, 2.24) is 24.6 Å². The molecule has 2 aromatic heterocycles. The lowest BCUT2D eigenvalue weighted by Gasteiger charge is -2.33. The van der Waals surface area contributed by atoms with Gasteiger partial charge in [0, 0.05) is 38.3 Å². The number of nitrogens with zero attached hydrogens (tertiary/aromatic N) is 5. The van der Waals surface area contributed by atoms with Crippen LogP contribution in [0.15, 0.2) is 36.5 Å². The first-order valence-electron chi connectivity index (χ1n) is 10.6. The SMILES string of the molecule is Cc1c(C(=O)N2CCO[C@@H](c3cc(C(=O)N(C)CCO)c4ccccc4n3)C2)cnn1C. The smallest absolute Gasteiger partial charge is 0.257 e. The minimum Gasteiger partial charge on any atom is -0.395 e. The maximum atomic E-state index is 13.1. The number of hydrogen-bond acceptors (Lipinski definition) is 6. The van der Waals surface area contributed by atoms with Gasteiger partial charge in [0.1, 0.15) is 6.10 Å². The van der Waals surface area contributed by atoms with Crippen LogP contribution in [-0.4, -0.2) is 81.4 Å². The van der Waals surface area contributed by atoms with Gasteiger partial charge in [-0.3, -0.25) is 14.3 Å². The van der Waals surface area contributed by atoms with Crippen LogP contribution in [0.5, 0.6) is 0 Å². The Kier molecular flexibility index (Phi) is 6.20. The molecule has 0 unspecified atom stereocenters. The zero-order valence-electron chi connectivity index (χ0n) is 18.5. The fourth-order valence-corrected chi connectivity index (χ4v) is 3.89. The van der Waals surface area contributed by atoms with Crippen LogP contribution in [0.4, 0.5) is 0 Å². The van der Waals surface area contributed by atoms with E-state index in [1.165, 1.54) is 4.90 Å². The summed E-state index contributed by atoms with van der Waals surface area (Å²) in [6.45, 7) is 3.16. The molecular formula is C23H27N5O4. The highest BCUT2D eigenvalue weighted by Crippen LogP contribution is 2.27. The molecule has 1 N–H and O–H groups in total. The average molecular weight is 438 g/mol. The van der Waals surface area contributed by atoms with Crippen LogP contribution in [-0.2, 0) is 11.8 Å². The number of para-hydroxylation sites is 1. The molecule has 9 nitrogen and oxygen atoms in total. The van der Waals surface area contributed by atoms with Crippen molar-refractivity contribution in [2.75, 3.05) is 39.9 Å². The van der Waals surface area contributed by atoms with E-state index >= 15 is 0 Å². The first-order valence-corrected chi connectivity index (χ1v) is 10.6. The highest BCUT2D eigenvalue weighted by Gasteiger charge is 2.30. The number of likely N-dealkylation sites (N-methyl/N-ethyl adjacent to an activating group) is 1. The van der Waals surface area contributed by atoms with Crippen molar-refractivity contribution in [2.45, 2.75) is 13.0 Å². The second-order valence-corrected chi connectivity index (χ2v) is 7.94. The number of hydrogen-bond donors (Lipinski definition) is 1. The van der Waals surface area contributed by atoms with E-state index in [0.29, 0.717) is 42.0 Å². The number of aromatic nitrogens is 3. The third kappa shape index (κ3) is 4.09. The molecule has 1 saturated heterocycles. The number of aliphatic hydroxyl groups excluding tert-OH is 1. The summed E-state index contributed by atoms with van der Waals surface area (Å²) >= 11 is 0. The molecule has 168 valence electrons. The molecule has 1 fully saturated rings. The summed E-state index contributed by atoms with van der Waals surface area (Å²) in [6.07, 6.45) is 1.13. The Morgan fingerprint density at radius 2 is 2.06 bits per heavy atom. The minimum absolute atomic E-state index is 0.0938. The van der Waals surface area contributed by atoms with Gasteiger partial charge in [-0.1, -0.05) is 18.2 Å². The first-order chi connectivity index (χ1) is 15.4. The molecule has 3 heterocycles. The Morgan fingerprint density at radius 1 is 1.28 bits per heavy atom. The summed E-state index contributed by atoms with van der Waals surface area (Å²) in [6, 6.07) is 9.18. The maximum absolute atomic E-state index is 13.1. The highest BCUT2D eigenvalue weighted by atomic mass is 16.5. The molecule has 0 bridgehead atoms. The summed E-state index contributed by atoms with van der Waals surface area (Å²) in [5.74, 6) is -0.294. The van der Waals surface area contributed by atoms with Crippen molar-refractivity contribution in [2.24, 2.45) is 7.05 Å². The Morgan fingerprint density at radius 3 is 2.78 bits per heavy atom. The number of rotatable bonds is 5. The molecule has 0 saturated carbocycles. The van der Waals surface area contributed by atoms with E-state index in [1.54, 1.807) is 35.9 Å². The fraction of sp³-hybridized carbons (Fsp3) is 0.391. The number of ether oxygens (including phenoxy) is 1. The molecular weight excluding hydrogens is 410 g/mol. The largest absolute Gasteiger partial charge is 0.395 e. The summed E-state index contributed by atoms with van der Waals surface area (Å²) in [5, 5.41) is 14.1. The van der Waals surface area contributed by atoms with E-state index < -0.39 is 6.10 Å². The third-order valence-corrected chi connectivity index (χ3v) is 5.90. The Labute approximate surface area is 186 Å². The number of carbonyl (C=O) groups is 2. The van der Waals surface area contributed by atoms with Gasteiger partial charge in [0.25, 0.3) is 11.8 Å². The van der Waals surface area contributed by atoms with Crippen LogP contribution in [0.25, 0.3) is 10.9 Å². The lowest BCUT2D eigenvalue weighted by Crippen LogP contribution is -2.42. The van der Waals surface area contributed by atoms with Gasteiger partial charge in [0.15, 0.2) is 0 Å². The van der Waals surface area contributed by atoms with Crippen molar-refractivity contribution in [3.05, 3.63) is 59.0 Å². The molecule has 1 atom stereocenters. The number of carbonyl (C=O) groups excluding carboxylic acids is 2. The minimum atomic E-state index is -0.455. The summed E-state index contributed by atoms with van der Waals surface area (Å²) in [4.78, 5) is 34.1. The third-order valence-electron chi connectivity index (χ3n) is 5.90. The van der Waals surface area contributed by atoms with E-state index in [4.69, 9.17) is 9.72 Å². The molecule has 1 aliphatic rings. The van der Waals surface area contributed by atoms with Crippen LogP contribution in [0.2, 0.25) is 0 Å². The van der Waals surface area contributed by atoms with Crippen LogP contribution in [0.3, 0.4) is 0 Å². The summed E-state index contributed by atoms with van der Waals surface area (Å²) in [7, 11) is 3.46. The van der Waals surface area contributed by atoms with E-state index in [9.17, 15) is 14.7 Å². The second-order valence-electron chi connectivity index (χ2n) is 7.94. The lowest BCUT2D eigenvalue weighted by molar-refractivity contribution is -0.0246. The van der Waals surface area contributed by atoms with Gasteiger partial charge in [-0.2, -0.15) is 5.10 Å². The molecule has 0 spiro atoms. The van der Waals surface area contributed by atoms with Gasteiger partial charge in [0.05, 0.1) is 48.3 Å². The topological polar surface area (TPSA) is 101 Å². The van der Waals surface area contributed by atoms with Crippen molar-refractivity contribution < 1.29 is 19.4 Å². The maximum Gasteiger partial charge on any atom is 0.257 e. The molecule has 0 aliphatic carbocycles. The van der Waals surface area contributed by atoms with Crippen LogP contribution < -0.4 is 0 Å². The van der Waals surface area contributed by atoms with Gasteiger partial charge in [-0.25, -0.2) is 4.98 Å². The number of amides is 2. The van der Waals surface area contributed by atoms with Crippen molar-refractivity contribution in [3.63, 3.8) is 0 Å². The standard InChI is InChI=1S/C23H27N5O4/c1-15-18(13-24-27(15)3)23(31)28-9-11-32-21(14-28)20-12-17(22(30)26(2)8-10-29)16-6-4-5-7-19(16)25-20/h4-7,12-13,21,29H,8-11,14H2,1-3H3/t21-/m1/s1. The zero-order valence-corrected chi connectivity index (χ0v) is 18.5. The quantitative estimate of drug-likeness (QED) is 0.650. The average Bonchev–Trinajstić information content (AvgIpc) is 3.15. The number of benzene rings is 1. The fourth-order valence-electron chi connectivity index (χ4n) is 3.89. The monoisotopic (exact) mass is 437 g/mol. The Bertz CT molecular complexity index is 1160. The van der Waals surface area contributed by atoms with Gasteiger partial charge in [-0.05, 0) is 19.1 Å². The normalized spacial score (nSPS) is 16.4. The van der Waals surface area contributed by atoms with E-state index in [1.807, 2.05) is 31.2 Å². The molecule has 1 aromatic carbocycles. The van der Waals surface area contributed by atoms with Gasteiger partial charge >= 0.3 is 0 Å². The van der Waals surface area contributed by atoms with Crippen molar-refractivity contribution in [1.29, 1.82) is 0 Å². The Balaban J connectivity index is 1.66. The van der Waals surface area contributed by atoms with Crippen LogP contribution in [0.1, 0.15) is 38.2 Å². The van der Waals surface area contributed by atoms with Crippen LogP contribution >= 0.6 is 0 Å². The highest BCUT2D eigenvalue weighted by molar-refractivity contribution is 6.06. The molecule has 32 heavy (non-hydrogen) atoms. The lowest BCUT2D eigenvalue weighted by atomic mass is 10.0. The van der Waals surface area contributed by atoms with Crippen LogP contribution in [0, 0.1) is 6.92 Å². The Hall–Kier alpha value is -3.30. The van der Waals surface area contributed by atoms with E-state index in [-0.39, 0.29) is 25.0 Å². The predicted molar refractivity (Wildman–Crippen MR) is 118 cm³/mol. The second kappa shape index (κ2) is 9.05. The van der Waals surface area contributed by atoms with E-state index in [0.717, 1.165) is 11.1 Å².